The molecule has 0 saturated heterocycles. The van der Waals surface area contributed by atoms with E-state index in [9.17, 15) is 0 Å². The van der Waals surface area contributed by atoms with E-state index in [0.29, 0.717) is 31.6 Å². The van der Waals surface area contributed by atoms with Gasteiger partial charge in [-0.2, -0.15) is 17.0 Å². The zero-order valence-electron chi connectivity index (χ0n) is 12.5. The molecule has 6 N–H and O–H groups in total. The molecule has 0 aliphatic heterocycles. The molecule has 0 unspecified atom stereocenters. The molecule has 0 bridgehead atoms. The Balaban J connectivity index is 2.04. The van der Waals surface area contributed by atoms with Crippen molar-refractivity contribution >= 4 is 23.7 Å². The van der Waals surface area contributed by atoms with Gasteiger partial charge in [-0.05, 0) is 0 Å². The normalized spacial score (nSPS) is 11.8. The minimum absolute atomic E-state index is 0.409. The van der Waals surface area contributed by atoms with Crippen molar-refractivity contribution in [3.8, 4) is 6.19 Å². The van der Waals surface area contributed by atoms with Gasteiger partial charge in [0.2, 0.25) is 5.96 Å². The summed E-state index contributed by atoms with van der Waals surface area (Å²) in [6, 6.07) is 0. The fraction of sp³-hybridized carbons (Fsp3) is 0.500. The van der Waals surface area contributed by atoms with Gasteiger partial charge in [-0.15, -0.1) is 0 Å². The van der Waals surface area contributed by atoms with Crippen LogP contribution in [0.15, 0.2) is 22.5 Å². The van der Waals surface area contributed by atoms with Crippen molar-refractivity contribution in [3.63, 3.8) is 0 Å². The highest BCUT2D eigenvalue weighted by molar-refractivity contribution is 7.98. The number of imidazole rings is 1. The number of aromatic nitrogens is 2. The first kappa shape index (κ1) is 17.6. The topological polar surface area (TPSA) is 139 Å². The molecular formula is C12H21N9S. The number of nitrogens with zero attached hydrogens (tertiary/aromatic N) is 4. The van der Waals surface area contributed by atoms with Crippen LogP contribution in [-0.2, 0) is 5.75 Å². The number of nitriles is 1. The molecule has 10 heteroatoms. The van der Waals surface area contributed by atoms with Gasteiger partial charge in [0, 0.05) is 43.5 Å². The van der Waals surface area contributed by atoms with Gasteiger partial charge >= 0.3 is 0 Å². The summed E-state index contributed by atoms with van der Waals surface area (Å²) in [6.45, 7) is 1.82. The van der Waals surface area contributed by atoms with Crippen molar-refractivity contribution in [2.24, 2.45) is 15.7 Å². The monoisotopic (exact) mass is 323 g/mol. The summed E-state index contributed by atoms with van der Waals surface area (Å²) in [6.07, 6.45) is 5.28. The number of aromatic amines is 1. The highest BCUT2D eigenvalue weighted by Crippen LogP contribution is 2.07. The molecule has 0 fully saturated rings. The molecule has 22 heavy (non-hydrogen) atoms. The predicted molar refractivity (Wildman–Crippen MR) is 89.4 cm³/mol. The second-order valence-corrected chi connectivity index (χ2v) is 5.16. The maximum atomic E-state index is 8.47. The third kappa shape index (κ3) is 8.01. The fourth-order valence-electron chi connectivity index (χ4n) is 1.44. The summed E-state index contributed by atoms with van der Waals surface area (Å²) in [7, 11) is 1.59. The Hall–Kier alpha value is -2.41. The number of thioether (sulfide) groups is 1. The van der Waals surface area contributed by atoms with Gasteiger partial charge in [-0.1, -0.05) is 0 Å². The summed E-state index contributed by atoms with van der Waals surface area (Å²) in [4.78, 5) is 15.1. The van der Waals surface area contributed by atoms with Crippen molar-refractivity contribution in [1.82, 2.24) is 25.9 Å². The molecule has 0 saturated carbocycles. The number of nitrogens with one attached hydrogen (secondary N) is 4. The number of rotatable bonds is 8. The van der Waals surface area contributed by atoms with E-state index >= 15 is 0 Å². The van der Waals surface area contributed by atoms with E-state index in [1.54, 1.807) is 31.3 Å². The molecule has 0 amide bonds. The van der Waals surface area contributed by atoms with Crippen LogP contribution >= 0.6 is 11.8 Å². The van der Waals surface area contributed by atoms with Crippen molar-refractivity contribution in [2.45, 2.75) is 5.75 Å². The van der Waals surface area contributed by atoms with E-state index in [1.807, 2.05) is 6.20 Å². The minimum atomic E-state index is 0.409. The van der Waals surface area contributed by atoms with Crippen LogP contribution in [-0.4, -0.2) is 54.3 Å². The standard InChI is InChI=1S/C12H21N9S/c1-15-12(20-8-13)19-3-2-17-11(14)18-4-5-22-7-10-6-16-9-21-10/h6,9H,2-5,7H2,1H3,(H,16,21)(H3,14,17,18)(H2,15,19,20). The zero-order chi connectivity index (χ0) is 16.0. The smallest absolute Gasteiger partial charge is 0.204 e. The van der Waals surface area contributed by atoms with Crippen LogP contribution in [0.4, 0.5) is 0 Å². The van der Waals surface area contributed by atoms with Crippen LogP contribution in [0.25, 0.3) is 0 Å². The van der Waals surface area contributed by atoms with Crippen molar-refractivity contribution < 1.29 is 0 Å². The maximum absolute atomic E-state index is 8.47. The van der Waals surface area contributed by atoms with Gasteiger partial charge in [-0.25, -0.2) is 4.98 Å². The molecule has 1 heterocycles. The Bertz CT molecular complexity index is 503. The van der Waals surface area contributed by atoms with Crippen LogP contribution in [0, 0.1) is 11.5 Å². The lowest BCUT2D eigenvalue weighted by molar-refractivity contribution is 0.790. The maximum Gasteiger partial charge on any atom is 0.204 e. The molecule has 1 rings (SSSR count). The van der Waals surface area contributed by atoms with E-state index < -0.39 is 0 Å². The molecule has 9 nitrogen and oxygen atoms in total. The lowest BCUT2D eigenvalue weighted by Crippen LogP contribution is -2.41. The quantitative estimate of drug-likeness (QED) is 0.139. The van der Waals surface area contributed by atoms with Gasteiger partial charge in [0.25, 0.3) is 0 Å². The van der Waals surface area contributed by atoms with E-state index in [-0.39, 0.29) is 0 Å². The number of aliphatic imine (C=N–C) groups is 2. The van der Waals surface area contributed by atoms with Gasteiger partial charge in [-0.3, -0.25) is 15.3 Å². The summed E-state index contributed by atoms with van der Waals surface area (Å²) in [5.74, 6) is 2.61. The largest absolute Gasteiger partial charge is 0.370 e. The molecular weight excluding hydrogens is 302 g/mol. The van der Waals surface area contributed by atoms with E-state index in [0.717, 1.165) is 17.2 Å². The molecule has 1 aromatic heterocycles. The molecule has 0 spiro atoms. The van der Waals surface area contributed by atoms with Crippen molar-refractivity contribution in [3.05, 3.63) is 18.2 Å². The average Bonchev–Trinajstić information content (AvgIpc) is 3.03. The molecule has 0 aromatic carbocycles. The van der Waals surface area contributed by atoms with Crippen LogP contribution < -0.4 is 21.7 Å². The van der Waals surface area contributed by atoms with Gasteiger partial charge < -0.3 is 21.4 Å². The minimum Gasteiger partial charge on any atom is -0.370 e. The molecule has 0 atom stereocenters. The van der Waals surface area contributed by atoms with Gasteiger partial charge in [0.1, 0.15) is 0 Å². The number of H-pyrrole nitrogens is 1. The SMILES string of the molecule is CN=C(NC#N)NCCNC(N)=NCCSCc1cnc[nH]1. The first-order chi connectivity index (χ1) is 10.8. The van der Waals surface area contributed by atoms with E-state index in [4.69, 9.17) is 11.0 Å². The van der Waals surface area contributed by atoms with E-state index in [1.165, 1.54) is 0 Å². The van der Waals surface area contributed by atoms with Crippen LogP contribution in [0.5, 0.6) is 0 Å². The predicted octanol–water partition coefficient (Wildman–Crippen LogP) is -0.807. The Kier molecular flexibility index (Phi) is 9.04. The van der Waals surface area contributed by atoms with Gasteiger partial charge in [0.15, 0.2) is 12.2 Å². The third-order valence-corrected chi connectivity index (χ3v) is 3.44. The lowest BCUT2D eigenvalue weighted by atomic mass is 10.6. The lowest BCUT2D eigenvalue weighted by Gasteiger charge is -2.08. The number of hydrogen-bond donors (Lipinski definition) is 5. The molecule has 0 aliphatic carbocycles. The Morgan fingerprint density at radius 2 is 2.32 bits per heavy atom. The Labute approximate surface area is 133 Å². The molecule has 1 aromatic rings. The number of nitrogens with two attached hydrogens (primary N) is 1. The average molecular weight is 323 g/mol. The fourth-order valence-corrected chi connectivity index (χ4v) is 2.18. The zero-order valence-corrected chi connectivity index (χ0v) is 13.3. The van der Waals surface area contributed by atoms with Crippen molar-refractivity contribution in [2.75, 3.05) is 32.4 Å². The first-order valence-corrected chi connectivity index (χ1v) is 7.86. The summed E-state index contributed by atoms with van der Waals surface area (Å²) < 4.78 is 0. The highest BCUT2D eigenvalue weighted by Gasteiger charge is 1.96. The first-order valence-electron chi connectivity index (χ1n) is 6.70. The van der Waals surface area contributed by atoms with E-state index in [2.05, 4.69) is 35.9 Å². The second kappa shape index (κ2) is 11.3. The summed E-state index contributed by atoms with van der Waals surface area (Å²) in [5.41, 5.74) is 6.85. The molecule has 0 radical (unpaired) electrons. The third-order valence-electron chi connectivity index (χ3n) is 2.45. The molecule has 120 valence electrons. The van der Waals surface area contributed by atoms with Gasteiger partial charge in [0.05, 0.1) is 12.9 Å². The van der Waals surface area contributed by atoms with Crippen LogP contribution in [0.2, 0.25) is 0 Å². The Morgan fingerprint density at radius 3 is 3.00 bits per heavy atom. The summed E-state index contributed by atoms with van der Waals surface area (Å²) >= 11 is 1.77. The molecule has 0 aliphatic rings. The highest BCUT2D eigenvalue weighted by atomic mass is 32.2. The van der Waals surface area contributed by atoms with Crippen LogP contribution in [0.3, 0.4) is 0 Å². The van der Waals surface area contributed by atoms with Crippen molar-refractivity contribution in [1.29, 1.82) is 5.26 Å². The van der Waals surface area contributed by atoms with Crippen LogP contribution in [0.1, 0.15) is 5.69 Å². The Morgan fingerprint density at radius 1 is 1.50 bits per heavy atom. The number of hydrogen-bond acceptors (Lipinski definition) is 5. The second-order valence-electron chi connectivity index (χ2n) is 4.06. The number of guanidine groups is 2. The summed E-state index contributed by atoms with van der Waals surface area (Å²) in [5, 5.41) is 16.8.